The highest BCUT2D eigenvalue weighted by atomic mass is 16.5. The lowest BCUT2D eigenvalue weighted by Crippen LogP contribution is -2.42. The Balaban J connectivity index is 2.24. The van der Waals surface area contributed by atoms with Crippen LogP contribution >= 0.6 is 0 Å². The molecule has 1 amide bonds. The molecule has 1 aliphatic rings. The molecule has 0 aliphatic carbocycles. The number of rotatable bonds is 2. The smallest absolute Gasteiger partial charge is 0.253 e. The van der Waals surface area contributed by atoms with Gasteiger partial charge in [0.2, 0.25) is 0 Å². The minimum atomic E-state index is 0.111. The Bertz CT molecular complexity index is 388. The van der Waals surface area contributed by atoms with Gasteiger partial charge in [-0.05, 0) is 24.0 Å². The summed E-state index contributed by atoms with van der Waals surface area (Å²) in [5.41, 5.74) is 1.77. The fourth-order valence-electron chi connectivity index (χ4n) is 1.65. The van der Waals surface area contributed by atoms with Gasteiger partial charge in [-0.3, -0.25) is 4.79 Å². The molecule has 15 heavy (non-hydrogen) atoms. The zero-order chi connectivity index (χ0) is 10.8. The lowest BCUT2D eigenvalue weighted by atomic mass is 9.93. The SMILES string of the molecule is Bc1ccc(C(=O)N2CCC2)cc1OC. The van der Waals surface area contributed by atoms with Crippen molar-refractivity contribution in [2.45, 2.75) is 6.42 Å². The van der Waals surface area contributed by atoms with E-state index in [4.69, 9.17) is 4.74 Å². The van der Waals surface area contributed by atoms with E-state index in [1.807, 2.05) is 30.9 Å². The number of amides is 1. The predicted molar refractivity (Wildman–Crippen MR) is 61.7 cm³/mol. The van der Waals surface area contributed by atoms with Gasteiger partial charge in [0.05, 0.1) is 7.11 Å². The van der Waals surface area contributed by atoms with Crippen molar-refractivity contribution in [3.05, 3.63) is 23.8 Å². The summed E-state index contributed by atoms with van der Waals surface area (Å²) in [4.78, 5) is 13.7. The van der Waals surface area contributed by atoms with Crippen LogP contribution < -0.4 is 10.2 Å². The van der Waals surface area contributed by atoms with E-state index in [0.29, 0.717) is 0 Å². The number of hydrogen-bond donors (Lipinski definition) is 0. The molecule has 0 bridgehead atoms. The molecule has 0 aromatic heterocycles. The van der Waals surface area contributed by atoms with E-state index in [0.717, 1.165) is 36.3 Å². The molecule has 1 aromatic carbocycles. The van der Waals surface area contributed by atoms with E-state index in [1.54, 1.807) is 7.11 Å². The predicted octanol–water partition coefficient (Wildman–Crippen LogP) is -0.201. The van der Waals surface area contributed by atoms with Gasteiger partial charge in [-0.2, -0.15) is 0 Å². The maximum Gasteiger partial charge on any atom is 0.253 e. The van der Waals surface area contributed by atoms with Crippen LogP contribution in [0.2, 0.25) is 0 Å². The average molecular weight is 203 g/mol. The minimum Gasteiger partial charge on any atom is -0.497 e. The summed E-state index contributed by atoms with van der Waals surface area (Å²) in [5, 5.41) is 0. The lowest BCUT2D eigenvalue weighted by molar-refractivity contribution is 0.0651. The van der Waals surface area contributed by atoms with Gasteiger partial charge < -0.3 is 9.64 Å². The summed E-state index contributed by atoms with van der Waals surface area (Å²) < 4.78 is 5.20. The molecule has 1 aromatic rings. The molecule has 78 valence electrons. The van der Waals surface area contributed by atoms with E-state index in [2.05, 4.69) is 0 Å². The first-order valence-corrected chi connectivity index (χ1v) is 5.16. The van der Waals surface area contributed by atoms with Crippen molar-refractivity contribution < 1.29 is 9.53 Å². The van der Waals surface area contributed by atoms with Crippen molar-refractivity contribution in [3.8, 4) is 5.75 Å². The molecule has 3 nitrogen and oxygen atoms in total. The molecule has 1 saturated heterocycles. The highest BCUT2D eigenvalue weighted by Gasteiger charge is 2.21. The van der Waals surface area contributed by atoms with Crippen LogP contribution in [-0.2, 0) is 0 Å². The molecule has 0 spiro atoms. The van der Waals surface area contributed by atoms with E-state index < -0.39 is 0 Å². The second kappa shape index (κ2) is 3.97. The molecular formula is C11H14BNO2. The topological polar surface area (TPSA) is 29.5 Å². The Morgan fingerprint density at radius 2 is 2.20 bits per heavy atom. The number of carbonyl (C=O) groups excluding carboxylic acids is 1. The highest BCUT2D eigenvalue weighted by Crippen LogP contribution is 2.15. The molecule has 0 atom stereocenters. The van der Waals surface area contributed by atoms with Crippen LogP contribution in [0.3, 0.4) is 0 Å². The lowest BCUT2D eigenvalue weighted by Gasteiger charge is -2.31. The largest absolute Gasteiger partial charge is 0.497 e. The molecule has 2 rings (SSSR count). The Labute approximate surface area is 90.4 Å². The second-order valence-electron chi connectivity index (χ2n) is 3.83. The van der Waals surface area contributed by atoms with Crippen molar-refractivity contribution in [2.75, 3.05) is 20.2 Å². The van der Waals surface area contributed by atoms with Crippen LogP contribution in [0.1, 0.15) is 16.8 Å². The summed E-state index contributed by atoms with van der Waals surface area (Å²) >= 11 is 0. The molecule has 1 fully saturated rings. The van der Waals surface area contributed by atoms with Gasteiger partial charge >= 0.3 is 0 Å². The molecule has 4 heteroatoms. The number of ether oxygens (including phenoxy) is 1. The standard InChI is InChI=1S/C11H14BNO2/c1-15-10-7-8(3-4-9(10)12)11(14)13-5-2-6-13/h3-4,7H,2,5-6,12H2,1H3. The summed E-state index contributed by atoms with van der Waals surface area (Å²) in [7, 11) is 3.59. The normalized spacial score (nSPS) is 14.6. The van der Waals surface area contributed by atoms with Gasteiger partial charge in [-0.25, -0.2) is 0 Å². The number of likely N-dealkylation sites (tertiary alicyclic amines) is 1. The third kappa shape index (κ3) is 1.84. The molecular weight excluding hydrogens is 189 g/mol. The Hall–Kier alpha value is -1.45. The Kier molecular flexibility index (Phi) is 2.67. The van der Waals surface area contributed by atoms with E-state index in [1.165, 1.54) is 0 Å². The first-order valence-electron chi connectivity index (χ1n) is 5.16. The van der Waals surface area contributed by atoms with Crippen molar-refractivity contribution in [1.29, 1.82) is 0 Å². The number of benzene rings is 1. The number of hydrogen-bond acceptors (Lipinski definition) is 2. The van der Waals surface area contributed by atoms with Gasteiger partial charge in [-0.1, -0.05) is 6.07 Å². The quantitative estimate of drug-likeness (QED) is 0.623. The summed E-state index contributed by atoms with van der Waals surface area (Å²) in [6, 6.07) is 5.60. The zero-order valence-electron chi connectivity index (χ0n) is 9.12. The number of nitrogens with zero attached hydrogens (tertiary/aromatic N) is 1. The number of carbonyl (C=O) groups is 1. The van der Waals surface area contributed by atoms with Crippen molar-refractivity contribution in [3.63, 3.8) is 0 Å². The number of methoxy groups -OCH3 is 1. The first kappa shape index (κ1) is 10.1. The van der Waals surface area contributed by atoms with Crippen LogP contribution in [0, 0.1) is 0 Å². The van der Waals surface area contributed by atoms with Gasteiger partial charge in [0.25, 0.3) is 5.91 Å². The van der Waals surface area contributed by atoms with Crippen LogP contribution in [0.5, 0.6) is 5.75 Å². The molecule has 0 unspecified atom stereocenters. The Morgan fingerprint density at radius 1 is 1.47 bits per heavy atom. The Morgan fingerprint density at radius 3 is 2.73 bits per heavy atom. The maximum absolute atomic E-state index is 11.9. The maximum atomic E-state index is 11.9. The van der Waals surface area contributed by atoms with Crippen LogP contribution in [0.15, 0.2) is 18.2 Å². The van der Waals surface area contributed by atoms with Crippen molar-refractivity contribution in [2.24, 2.45) is 0 Å². The summed E-state index contributed by atoms with van der Waals surface area (Å²) in [5.74, 6) is 0.890. The van der Waals surface area contributed by atoms with E-state index >= 15 is 0 Å². The minimum absolute atomic E-state index is 0.111. The average Bonchev–Trinajstić information content (AvgIpc) is 2.15. The van der Waals surface area contributed by atoms with Gasteiger partial charge in [0.15, 0.2) is 0 Å². The highest BCUT2D eigenvalue weighted by molar-refractivity contribution is 6.34. The van der Waals surface area contributed by atoms with Gasteiger partial charge in [0.1, 0.15) is 13.6 Å². The second-order valence-corrected chi connectivity index (χ2v) is 3.83. The molecule has 0 N–H and O–H groups in total. The van der Waals surface area contributed by atoms with Crippen LogP contribution in [0.4, 0.5) is 0 Å². The molecule has 1 aliphatic heterocycles. The third-order valence-corrected chi connectivity index (χ3v) is 2.80. The molecule has 0 saturated carbocycles. The van der Waals surface area contributed by atoms with Crippen molar-refractivity contribution >= 4 is 19.2 Å². The monoisotopic (exact) mass is 203 g/mol. The molecule has 0 radical (unpaired) electrons. The first-order chi connectivity index (χ1) is 7.22. The van der Waals surface area contributed by atoms with E-state index in [9.17, 15) is 4.79 Å². The summed E-state index contributed by atoms with van der Waals surface area (Å²) in [6.07, 6.45) is 1.12. The van der Waals surface area contributed by atoms with Gasteiger partial charge in [0, 0.05) is 18.7 Å². The van der Waals surface area contributed by atoms with Crippen molar-refractivity contribution in [1.82, 2.24) is 4.90 Å². The van der Waals surface area contributed by atoms with Crippen LogP contribution in [-0.4, -0.2) is 38.9 Å². The van der Waals surface area contributed by atoms with E-state index in [-0.39, 0.29) is 5.91 Å². The fraction of sp³-hybridized carbons (Fsp3) is 0.364. The summed E-state index contributed by atoms with van der Waals surface area (Å²) in [6.45, 7) is 1.77. The fourth-order valence-corrected chi connectivity index (χ4v) is 1.65. The van der Waals surface area contributed by atoms with Crippen LogP contribution in [0.25, 0.3) is 0 Å². The zero-order valence-corrected chi connectivity index (χ0v) is 9.12. The van der Waals surface area contributed by atoms with Gasteiger partial charge in [-0.15, -0.1) is 0 Å². The third-order valence-electron chi connectivity index (χ3n) is 2.80. The molecule has 1 heterocycles.